The summed E-state index contributed by atoms with van der Waals surface area (Å²) < 4.78 is 5.39. The van der Waals surface area contributed by atoms with Gasteiger partial charge in [-0.05, 0) is 39.2 Å². The Morgan fingerprint density at radius 3 is 2.17 bits per heavy atom. The van der Waals surface area contributed by atoms with E-state index in [1.54, 1.807) is 45.0 Å². The molecule has 0 bridgehead atoms. The first-order valence-corrected chi connectivity index (χ1v) is 8.00. The monoisotopic (exact) mass is 333 g/mol. The molecular formula is C18H23NO5. The van der Waals surface area contributed by atoms with Crippen LogP contribution in [-0.2, 0) is 19.1 Å². The summed E-state index contributed by atoms with van der Waals surface area (Å²) in [6.45, 7) is 5.25. The van der Waals surface area contributed by atoms with Gasteiger partial charge in [0.2, 0.25) is 5.91 Å². The first kappa shape index (κ1) is 18.0. The maximum Gasteiger partial charge on any atom is 0.333 e. The summed E-state index contributed by atoms with van der Waals surface area (Å²) >= 11 is 0. The third kappa shape index (κ3) is 4.34. The minimum Gasteiger partial charge on any atom is -0.481 e. The van der Waals surface area contributed by atoms with Crippen LogP contribution in [-0.4, -0.2) is 28.6 Å². The van der Waals surface area contributed by atoms with Gasteiger partial charge in [-0.1, -0.05) is 30.3 Å². The normalized spacial score (nSPS) is 21.3. The number of carbonyl (C=O) groups excluding carboxylic acids is 2. The summed E-state index contributed by atoms with van der Waals surface area (Å²) in [4.78, 5) is 36.0. The highest BCUT2D eigenvalue weighted by molar-refractivity contribution is 5.90. The van der Waals surface area contributed by atoms with Crippen molar-refractivity contribution < 1.29 is 24.2 Å². The number of carboxylic acid groups (broad SMARTS) is 1. The molecule has 1 aromatic carbocycles. The van der Waals surface area contributed by atoms with Gasteiger partial charge in [0.1, 0.15) is 5.60 Å². The molecule has 1 aliphatic rings. The number of carboxylic acids is 1. The van der Waals surface area contributed by atoms with E-state index in [9.17, 15) is 14.4 Å². The average Bonchev–Trinajstić information content (AvgIpc) is 2.41. The fourth-order valence-corrected chi connectivity index (χ4v) is 2.64. The largest absolute Gasteiger partial charge is 0.481 e. The van der Waals surface area contributed by atoms with Crippen molar-refractivity contribution in [1.82, 2.24) is 5.32 Å². The summed E-state index contributed by atoms with van der Waals surface area (Å²) in [5.74, 6) is -3.24. The lowest BCUT2D eigenvalue weighted by Gasteiger charge is -2.33. The maximum atomic E-state index is 12.5. The van der Waals surface area contributed by atoms with Gasteiger partial charge >= 0.3 is 11.9 Å². The minimum atomic E-state index is -0.977. The van der Waals surface area contributed by atoms with Crippen molar-refractivity contribution in [2.75, 3.05) is 0 Å². The number of esters is 1. The molecule has 6 nitrogen and oxygen atoms in total. The van der Waals surface area contributed by atoms with Crippen molar-refractivity contribution in [2.45, 2.75) is 45.3 Å². The Hall–Kier alpha value is -2.37. The average molecular weight is 333 g/mol. The second kappa shape index (κ2) is 7.03. The van der Waals surface area contributed by atoms with Crippen LogP contribution in [0.2, 0.25) is 0 Å². The lowest BCUT2D eigenvalue weighted by molar-refractivity contribution is -0.160. The molecule has 0 spiro atoms. The van der Waals surface area contributed by atoms with Gasteiger partial charge in [0.25, 0.3) is 0 Å². The Labute approximate surface area is 141 Å². The number of nitrogens with one attached hydrogen (secondary N) is 1. The van der Waals surface area contributed by atoms with Gasteiger partial charge in [0.15, 0.2) is 6.04 Å². The van der Waals surface area contributed by atoms with Crippen LogP contribution in [0.15, 0.2) is 30.3 Å². The summed E-state index contributed by atoms with van der Waals surface area (Å²) in [6.07, 6.45) is 0.995. The molecule has 6 heteroatoms. The Balaban J connectivity index is 2.16. The molecule has 130 valence electrons. The van der Waals surface area contributed by atoms with Crippen molar-refractivity contribution in [3.8, 4) is 0 Å². The van der Waals surface area contributed by atoms with E-state index in [1.165, 1.54) is 0 Å². The van der Waals surface area contributed by atoms with Crippen molar-refractivity contribution in [3.05, 3.63) is 35.9 Å². The number of aliphatic carboxylic acids is 1. The molecule has 0 saturated heterocycles. The summed E-state index contributed by atoms with van der Waals surface area (Å²) in [6, 6.07) is 7.84. The number of benzene rings is 1. The van der Waals surface area contributed by atoms with E-state index >= 15 is 0 Å². The van der Waals surface area contributed by atoms with Crippen LogP contribution in [0.1, 0.15) is 45.2 Å². The zero-order chi connectivity index (χ0) is 17.9. The highest BCUT2D eigenvalue weighted by Gasteiger charge is 2.42. The molecule has 2 rings (SSSR count). The Morgan fingerprint density at radius 1 is 1.12 bits per heavy atom. The lowest BCUT2D eigenvalue weighted by Crippen LogP contribution is -2.47. The summed E-state index contributed by atoms with van der Waals surface area (Å²) in [5.41, 5.74) is -0.0826. The number of carbonyl (C=O) groups is 3. The Morgan fingerprint density at radius 2 is 1.71 bits per heavy atom. The number of rotatable bonds is 5. The van der Waals surface area contributed by atoms with E-state index in [0.717, 1.165) is 0 Å². The van der Waals surface area contributed by atoms with Crippen molar-refractivity contribution in [2.24, 2.45) is 11.8 Å². The molecule has 24 heavy (non-hydrogen) atoms. The zero-order valence-corrected chi connectivity index (χ0v) is 14.1. The molecule has 1 aromatic rings. The second-order valence-electron chi connectivity index (χ2n) is 7.01. The molecule has 1 amide bonds. The minimum absolute atomic E-state index is 0.423. The van der Waals surface area contributed by atoms with Gasteiger partial charge in [-0.15, -0.1) is 0 Å². The molecule has 1 fully saturated rings. The summed E-state index contributed by atoms with van der Waals surface area (Å²) in [7, 11) is 0. The summed E-state index contributed by atoms with van der Waals surface area (Å²) in [5, 5.41) is 11.8. The zero-order valence-electron chi connectivity index (χ0n) is 14.1. The first-order chi connectivity index (χ1) is 11.2. The van der Waals surface area contributed by atoms with Crippen molar-refractivity contribution in [3.63, 3.8) is 0 Å². The lowest BCUT2D eigenvalue weighted by atomic mass is 9.73. The Kier molecular flexibility index (Phi) is 5.26. The van der Waals surface area contributed by atoms with Gasteiger partial charge in [-0.25, -0.2) is 4.79 Å². The van der Waals surface area contributed by atoms with Gasteiger partial charge in [0, 0.05) is 0 Å². The molecule has 0 aromatic heterocycles. The molecular weight excluding hydrogens is 310 g/mol. The van der Waals surface area contributed by atoms with E-state index in [-0.39, 0.29) is 0 Å². The van der Waals surface area contributed by atoms with Crippen LogP contribution >= 0.6 is 0 Å². The van der Waals surface area contributed by atoms with Gasteiger partial charge < -0.3 is 15.2 Å². The third-order valence-corrected chi connectivity index (χ3v) is 3.99. The molecule has 0 aliphatic heterocycles. The number of hydrogen-bond acceptors (Lipinski definition) is 4. The third-order valence-electron chi connectivity index (χ3n) is 3.99. The van der Waals surface area contributed by atoms with Crippen LogP contribution in [0.25, 0.3) is 0 Å². The van der Waals surface area contributed by atoms with Crippen LogP contribution in [0.4, 0.5) is 0 Å². The highest BCUT2D eigenvalue weighted by Crippen LogP contribution is 2.35. The molecule has 2 unspecified atom stereocenters. The van der Waals surface area contributed by atoms with E-state index in [2.05, 4.69) is 5.32 Å². The van der Waals surface area contributed by atoms with Crippen LogP contribution < -0.4 is 5.32 Å². The van der Waals surface area contributed by atoms with Gasteiger partial charge in [0.05, 0.1) is 11.8 Å². The standard InChI is InChI=1S/C18H23NO5/c1-18(2,3)24-17(23)14(11-7-5-4-6-8-11)19-15(20)12-9-10-13(12)16(21)22/h4-8,12-14H,9-10H2,1-3H3,(H,19,20)(H,21,22)/t12?,13?,14-/m0/s1. The fourth-order valence-electron chi connectivity index (χ4n) is 2.64. The Bertz CT molecular complexity index is 620. The van der Waals surface area contributed by atoms with E-state index in [0.29, 0.717) is 18.4 Å². The SMILES string of the molecule is CC(C)(C)OC(=O)[C@@H](NC(=O)C1CCC1C(=O)O)c1ccccc1. The highest BCUT2D eigenvalue weighted by atomic mass is 16.6. The quantitative estimate of drug-likeness (QED) is 0.807. The van der Waals surface area contributed by atoms with Gasteiger partial charge in [-0.3, -0.25) is 9.59 Å². The number of hydrogen-bond donors (Lipinski definition) is 2. The number of ether oxygens (including phenoxy) is 1. The molecule has 0 heterocycles. The predicted octanol–water partition coefficient (Wildman–Crippen LogP) is 2.30. The van der Waals surface area contributed by atoms with Crippen LogP contribution in [0.3, 0.4) is 0 Å². The van der Waals surface area contributed by atoms with E-state index in [1.807, 2.05) is 6.07 Å². The molecule has 0 radical (unpaired) electrons. The fraction of sp³-hybridized carbons (Fsp3) is 0.500. The first-order valence-electron chi connectivity index (χ1n) is 8.00. The maximum absolute atomic E-state index is 12.5. The molecule has 1 saturated carbocycles. The number of amides is 1. The van der Waals surface area contributed by atoms with Crippen molar-refractivity contribution >= 4 is 17.8 Å². The van der Waals surface area contributed by atoms with E-state index < -0.39 is 41.3 Å². The van der Waals surface area contributed by atoms with Crippen LogP contribution in [0, 0.1) is 11.8 Å². The van der Waals surface area contributed by atoms with Crippen molar-refractivity contribution in [1.29, 1.82) is 0 Å². The predicted molar refractivity (Wildman–Crippen MR) is 87.0 cm³/mol. The second-order valence-corrected chi connectivity index (χ2v) is 7.01. The molecule has 1 aliphatic carbocycles. The smallest absolute Gasteiger partial charge is 0.333 e. The molecule has 2 N–H and O–H groups in total. The van der Waals surface area contributed by atoms with E-state index in [4.69, 9.17) is 9.84 Å². The topological polar surface area (TPSA) is 92.7 Å². The molecule has 3 atom stereocenters. The van der Waals surface area contributed by atoms with Crippen LogP contribution in [0.5, 0.6) is 0 Å². The van der Waals surface area contributed by atoms with Gasteiger partial charge in [-0.2, -0.15) is 0 Å².